The first-order chi connectivity index (χ1) is 13.1. The Morgan fingerprint density at radius 2 is 2.11 bits per heavy atom. The van der Waals surface area contributed by atoms with Crippen molar-refractivity contribution >= 4 is 11.7 Å². The SMILES string of the molecule is Cc1cc(=O)[nH]c(-n2nc(-c3ccco3)cc2NC(=O)C2CCCCC2)n1. The second-order valence-corrected chi connectivity index (χ2v) is 6.84. The number of nitrogens with zero attached hydrogens (tertiary/aromatic N) is 3. The molecule has 0 spiro atoms. The van der Waals surface area contributed by atoms with Crippen molar-refractivity contribution in [3.63, 3.8) is 0 Å². The van der Waals surface area contributed by atoms with E-state index in [9.17, 15) is 9.59 Å². The number of carbonyl (C=O) groups excluding carboxylic acids is 1. The molecule has 1 fully saturated rings. The molecule has 3 aromatic rings. The number of hydrogen-bond acceptors (Lipinski definition) is 5. The van der Waals surface area contributed by atoms with E-state index in [-0.39, 0.29) is 23.3 Å². The molecule has 3 heterocycles. The van der Waals surface area contributed by atoms with E-state index >= 15 is 0 Å². The number of furan rings is 1. The molecule has 3 aromatic heterocycles. The first-order valence-electron chi connectivity index (χ1n) is 9.13. The Balaban J connectivity index is 1.72. The van der Waals surface area contributed by atoms with Crippen molar-refractivity contribution in [2.45, 2.75) is 39.0 Å². The number of amides is 1. The number of carbonyl (C=O) groups is 1. The van der Waals surface area contributed by atoms with E-state index in [1.165, 1.54) is 17.2 Å². The molecule has 0 unspecified atom stereocenters. The summed E-state index contributed by atoms with van der Waals surface area (Å²) in [5.41, 5.74) is 0.827. The summed E-state index contributed by atoms with van der Waals surface area (Å²) < 4.78 is 6.85. The van der Waals surface area contributed by atoms with Crippen molar-refractivity contribution in [2.24, 2.45) is 5.92 Å². The quantitative estimate of drug-likeness (QED) is 0.737. The van der Waals surface area contributed by atoms with Gasteiger partial charge in [0, 0.05) is 23.7 Å². The van der Waals surface area contributed by atoms with Crippen LogP contribution in [0.3, 0.4) is 0 Å². The summed E-state index contributed by atoms with van der Waals surface area (Å²) in [6, 6.07) is 6.68. The Hall–Kier alpha value is -3.16. The lowest BCUT2D eigenvalue weighted by molar-refractivity contribution is -0.120. The van der Waals surface area contributed by atoms with Crippen molar-refractivity contribution < 1.29 is 9.21 Å². The third-order valence-corrected chi connectivity index (χ3v) is 4.77. The van der Waals surface area contributed by atoms with Gasteiger partial charge in [-0.25, -0.2) is 4.98 Å². The summed E-state index contributed by atoms with van der Waals surface area (Å²) in [4.78, 5) is 31.6. The predicted molar refractivity (Wildman–Crippen MR) is 99.6 cm³/mol. The number of aromatic nitrogens is 4. The Kier molecular flexibility index (Phi) is 4.62. The number of anilines is 1. The highest BCUT2D eigenvalue weighted by Crippen LogP contribution is 2.27. The highest BCUT2D eigenvalue weighted by atomic mass is 16.3. The second-order valence-electron chi connectivity index (χ2n) is 6.84. The van der Waals surface area contributed by atoms with Gasteiger partial charge in [-0.1, -0.05) is 19.3 Å². The van der Waals surface area contributed by atoms with E-state index in [4.69, 9.17) is 4.42 Å². The number of aromatic amines is 1. The van der Waals surface area contributed by atoms with Crippen LogP contribution in [-0.4, -0.2) is 25.7 Å². The molecule has 1 aliphatic rings. The van der Waals surface area contributed by atoms with Gasteiger partial charge in [0.05, 0.1) is 6.26 Å². The molecule has 4 rings (SSSR count). The standard InChI is InChI=1S/C19H21N5O3/c1-12-10-17(25)22-19(20-12)24-16(11-14(23-24)15-8-5-9-27-15)21-18(26)13-6-3-2-4-7-13/h5,8-11,13H,2-4,6-7H2,1H3,(H,21,26)(H,20,22,25). The van der Waals surface area contributed by atoms with Gasteiger partial charge in [-0.15, -0.1) is 0 Å². The first-order valence-corrected chi connectivity index (χ1v) is 9.13. The van der Waals surface area contributed by atoms with Gasteiger partial charge >= 0.3 is 0 Å². The molecule has 8 heteroatoms. The van der Waals surface area contributed by atoms with Gasteiger partial charge in [0.2, 0.25) is 11.9 Å². The van der Waals surface area contributed by atoms with Crippen LogP contribution >= 0.6 is 0 Å². The molecule has 0 aliphatic heterocycles. The molecule has 2 N–H and O–H groups in total. The van der Waals surface area contributed by atoms with Crippen molar-refractivity contribution in [1.29, 1.82) is 0 Å². The van der Waals surface area contributed by atoms with Crippen molar-refractivity contribution in [2.75, 3.05) is 5.32 Å². The summed E-state index contributed by atoms with van der Waals surface area (Å²) in [6.45, 7) is 1.73. The van der Waals surface area contributed by atoms with E-state index in [1.54, 1.807) is 31.4 Å². The lowest BCUT2D eigenvalue weighted by Gasteiger charge is -2.20. The summed E-state index contributed by atoms with van der Waals surface area (Å²) >= 11 is 0. The Labute approximate surface area is 155 Å². The van der Waals surface area contributed by atoms with E-state index in [0.717, 1.165) is 25.7 Å². The molecule has 8 nitrogen and oxygen atoms in total. The van der Waals surface area contributed by atoms with Crippen molar-refractivity contribution in [3.8, 4) is 17.4 Å². The molecule has 0 radical (unpaired) electrons. The van der Waals surface area contributed by atoms with E-state index in [0.29, 0.717) is 23.0 Å². The fourth-order valence-electron chi connectivity index (χ4n) is 3.43. The van der Waals surface area contributed by atoms with Crippen LogP contribution in [0.2, 0.25) is 0 Å². The van der Waals surface area contributed by atoms with Gasteiger partial charge in [-0.3, -0.25) is 14.6 Å². The van der Waals surface area contributed by atoms with Gasteiger partial charge in [0.25, 0.3) is 5.56 Å². The maximum Gasteiger partial charge on any atom is 0.252 e. The van der Waals surface area contributed by atoms with Gasteiger partial charge in [0.1, 0.15) is 11.5 Å². The molecule has 27 heavy (non-hydrogen) atoms. The predicted octanol–water partition coefficient (Wildman–Crippen LogP) is 3.04. The van der Waals surface area contributed by atoms with Crippen LogP contribution in [0.25, 0.3) is 17.4 Å². The Morgan fingerprint density at radius 3 is 2.81 bits per heavy atom. The van der Waals surface area contributed by atoms with Crippen LogP contribution in [0.15, 0.2) is 39.7 Å². The molecular formula is C19H21N5O3. The Bertz CT molecular complexity index is 997. The fraction of sp³-hybridized carbons (Fsp3) is 0.368. The zero-order chi connectivity index (χ0) is 18.8. The lowest BCUT2D eigenvalue weighted by Crippen LogP contribution is -2.26. The van der Waals surface area contributed by atoms with Gasteiger partial charge in [-0.2, -0.15) is 9.78 Å². The molecule has 0 aromatic carbocycles. The normalized spacial score (nSPS) is 15.0. The zero-order valence-corrected chi connectivity index (χ0v) is 15.1. The minimum absolute atomic E-state index is 0.00122. The fourth-order valence-corrected chi connectivity index (χ4v) is 3.43. The maximum absolute atomic E-state index is 12.7. The summed E-state index contributed by atoms with van der Waals surface area (Å²) in [5.74, 6) is 1.23. The third kappa shape index (κ3) is 3.69. The maximum atomic E-state index is 12.7. The Morgan fingerprint density at radius 1 is 1.30 bits per heavy atom. The zero-order valence-electron chi connectivity index (χ0n) is 15.1. The smallest absolute Gasteiger partial charge is 0.252 e. The molecule has 1 amide bonds. The molecule has 0 saturated heterocycles. The number of rotatable bonds is 4. The monoisotopic (exact) mass is 367 g/mol. The molecular weight excluding hydrogens is 346 g/mol. The number of nitrogens with one attached hydrogen (secondary N) is 2. The largest absolute Gasteiger partial charge is 0.463 e. The minimum Gasteiger partial charge on any atom is -0.463 e. The van der Waals surface area contributed by atoms with Crippen LogP contribution in [0.5, 0.6) is 0 Å². The highest BCUT2D eigenvalue weighted by Gasteiger charge is 2.23. The number of hydrogen-bond donors (Lipinski definition) is 2. The van der Waals surface area contributed by atoms with Crippen LogP contribution in [0.4, 0.5) is 5.82 Å². The second kappa shape index (κ2) is 7.22. The molecule has 0 atom stereocenters. The van der Waals surface area contributed by atoms with Crippen LogP contribution in [0, 0.1) is 12.8 Å². The van der Waals surface area contributed by atoms with Gasteiger partial charge < -0.3 is 9.73 Å². The molecule has 1 saturated carbocycles. The average Bonchev–Trinajstić information content (AvgIpc) is 3.31. The van der Waals surface area contributed by atoms with Crippen LogP contribution < -0.4 is 10.9 Å². The lowest BCUT2D eigenvalue weighted by atomic mass is 9.89. The minimum atomic E-state index is -0.280. The summed E-state index contributed by atoms with van der Waals surface area (Å²) in [5, 5.41) is 7.44. The molecule has 1 aliphatic carbocycles. The highest BCUT2D eigenvalue weighted by molar-refractivity contribution is 5.92. The summed E-state index contributed by atoms with van der Waals surface area (Å²) in [7, 11) is 0. The van der Waals surface area contributed by atoms with Gasteiger partial charge in [-0.05, 0) is 31.9 Å². The molecule has 0 bridgehead atoms. The summed E-state index contributed by atoms with van der Waals surface area (Å²) in [6.07, 6.45) is 6.67. The van der Waals surface area contributed by atoms with E-state index in [2.05, 4.69) is 20.4 Å². The van der Waals surface area contributed by atoms with E-state index < -0.39 is 0 Å². The van der Waals surface area contributed by atoms with Crippen LogP contribution in [0.1, 0.15) is 37.8 Å². The average molecular weight is 367 g/mol. The van der Waals surface area contributed by atoms with Crippen LogP contribution in [-0.2, 0) is 4.79 Å². The molecule has 140 valence electrons. The first kappa shape index (κ1) is 17.3. The number of aryl methyl sites for hydroxylation is 1. The van der Waals surface area contributed by atoms with E-state index in [1.807, 2.05) is 0 Å². The van der Waals surface area contributed by atoms with Crippen molar-refractivity contribution in [3.05, 3.63) is 46.6 Å². The van der Waals surface area contributed by atoms with Crippen molar-refractivity contribution in [1.82, 2.24) is 19.7 Å². The number of H-pyrrole nitrogens is 1. The third-order valence-electron chi connectivity index (χ3n) is 4.77. The van der Waals surface area contributed by atoms with Gasteiger partial charge in [0.15, 0.2) is 5.76 Å². The topological polar surface area (TPSA) is 106 Å².